The molecule has 0 bridgehead atoms. The normalized spacial score (nSPS) is 12.7. The summed E-state index contributed by atoms with van der Waals surface area (Å²) in [6, 6.07) is 5.38. The van der Waals surface area contributed by atoms with Crippen LogP contribution in [0.1, 0.15) is 52.1 Å². The topological polar surface area (TPSA) is 21.3 Å². The maximum absolute atomic E-state index is 13.9. The number of hydrogen-bond donors (Lipinski definition) is 1. The molecule has 1 aromatic carbocycles. The van der Waals surface area contributed by atoms with E-state index in [0.29, 0.717) is 18.3 Å². The monoisotopic (exact) mass is 267 g/mol. The highest BCUT2D eigenvalue weighted by Gasteiger charge is 2.09. The molecule has 0 aliphatic rings. The lowest BCUT2D eigenvalue weighted by molar-refractivity contribution is 0.284. The van der Waals surface area contributed by atoms with Crippen LogP contribution < -0.4 is 10.1 Å². The lowest BCUT2D eigenvalue weighted by Gasteiger charge is -2.14. The lowest BCUT2D eigenvalue weighted by Crippen LogP contribution is -2.17. The molecule has 0 aliphatic heterocycles. The minimum absolute atomic E-state index is 0.162. The molecule has 2 nitrogen and oxygen atoms in total. The largest absolute Gasteiger partial charge is 0.491 e. The Morgan fingerprint density at radius 3 is 2.58 bits per heavy atom. The molecule has 0 aliphatic carbocycles. The van der Waals surface area contributed by atoms with Gasteiger partial charge < -0.3 is 10.1 Å². The first-order valence-corrected chi connectivity index (χ1v) is 7.20. The first-order chi connectivity index (χ1) is 9.04. The van der Waals surface area contributed by atoms with Crippen molar-refractivity contribution >= 4 is 0 Å². The maximum Gasteiger partial charge on any atom is 0.165 e. The van der Waals surface area contributed by atoms with Crippen molar-refractivity contribution in [2.24, 2.45) is 5.92 Å². The molecule has 0 aromatic heterocycles. The van der Waals surface area contributed by atoms with Gasteiger partial charge >= 0.3 is 0 Å². The van der Waals surface area contributed by atoms with Crippen LogP contribution in [0.3, 0.4) is 0 Å². The molecule has 0 saturated heterocycles. The van der Waals surface area contributed by atoms with Crippen molar-refractivity contribution in [1.82, 2.24) is 5.32 Å². The zero-order valence-corrected chi connectivity index (χ0v) is 12.5. The predicted molar refractivity (Wildman–Crippen MR) is 78.1 cm³/mol. The summed E-state index contributed by atoms with van der Waals surface area (Å²) in [7, 11) is 0. The van der Waals surface area contributed by atoms with Crippen molar-refractivity contribution in [3.8, 4) is 5.75 Å². The standard InChI is InChI=1S/C16H26FNO/c1-5-18-13(4)14-8-9-16(15(17)11-14)19-10-6-7-12(2)3/h8-9,11-13,18H,5-7,10H2,1-4H3. The average molecular weight is 267 g/mol. The molecule has 3 heteroatoms. The third-order valence-corrected chi connectivity index (χ3v) is 3.15. The van der Waals surface area contributed by atoms with Crippen molar-refractivity contribution in [2.45, 2.75) is 46.6 Å². The number of nitrogens with one attached hydrogen (secondary N) is 1. The van der Waals surface area contributed by atoms with Crippen LogP contribution in [0.15, 0.2) is 18.2 Å². The zero-order chi connectivity index (χ0) is 14.3. The quantitative estimate of drug-likeness (QED) is 0.709. The second-order valence-electron chi connectivity index (χ2n) is 5.35. The second kappa shape index (κ2) is 8.16. The molecule has 19 heavy (non-hydrogen) atoms. The Kier molecular flexibility index (Phi) is 6.85. The van der Waals surface area contributed by atoms with E-state index in [1.165, 1.54) is 0 Å². The highest BCUT2D eigenvalue weighted by Crippen LogP contribution is 2.22. The molecule has 108 valence electrons. The van der Waals surface area contributed by atoms with Gasteiger partial charge in [-0.1, -0.05) is 26.8 Å². The van der Waals surface area contributed by atoms with Crippen LogP contribution in [0.2, 0.25) is 0 Å². The Morgan fingerprint density at radius 1 is 1.26 bits per heavy atom. The van der Waals surface area contributed by atoms with E-state index in [4.69, 9.17) is 4.74 Å². The Bertz CT molecular complexity index is 379. The number of ether oxygens (including phenoxy) is 1. The van der Waals surface area contributed by atoms with E-state index in [1.807, 2.05) is 19.9 Å². The molecule has 1 aromatic rings. The first kappa shape index (κ1) is 16.0. The van der Waals surface area contributed by atoms with Gasteiger partial charge in [-0.2, -0.15) is 0 Å². The highest BCUT2D eigenvalue weighted by atomic mass is 19.1. The van der Waals surface area contributed by atoms with Crippen LogP contribution in [0.4, 0.5) is 4.39 Å². The van der Waals surface area contributed by atoms with Crippen LogP contribution in [-0.2, 0) is 0 Å². The molecule has 0 spiro atoms. The molecule has 0 heterocycles. The van der Waals surface area contributed by atoms with Gasteiger partial charge in [0.25, 0.3) is 0 Å². The van der Waals surface area contributed by atoms with Crippen LogP contribution in [0, 0.1) is 11.7 Å². The summed E-state index contributed by atoms with van der Waals surface area (Å²) in [6.45, 7) is 9.88. The number of benzene rings is 1. The third kappa shape index (κ3) is 5.60. The van der Waals surface area contributed by atoms with Crippen molar-refractivity contribution in [2.75, 3.05) is 13.2 Å². The van der Waals surface area contributed by atoms with Gasteiger partial charge in [0.1, 0.15) is 0 Å². The van der Waals surface area contributed by atoms with Crippen molar-refractivity contribution in [1.29, 1.82) is 0 Å². The fraction of sp³-hybridized carbons (Fsp3) is 0.625. The predicted octanol–water partition coefficient (Wildman–Crippen LogP) is 4.31. The van der Waals surface area contributed by atoms with Crippen LogP contribution in [0.25, 0.3) is 0 Å². The Hall–Kier alpha value is -1.09. The lowest BCUT2D eigenvalue weighted by atomic mass is 10.1. The Morgan fingerprint density at radius 2 is 2.00 bits per heavy atom. The molecule has 0 radical (unpaired) electrons. The van der Waals surface area contributed by atoms with Crippen molar-refractivity contribution in [3.63, 3.8) is 0 Å². The third-order valence-electron chi connectivity index (χ3n) is 3.15. The van der Waals surface area contributed by atoms with E-state index in [0.717, 1.165) is 24.9 Å². The smallest absolute Gasteiger partial charge is 0.165 e. The number of halogens is 1. The molecule has 0 fully saturated rings. The SMILES string of the molecule is CCNC(C)c1ccc(OCCCC(C)C)c(F)c1. The summed E-state index contributed by atoms with van der Waals surface area (Å²) in [5.74, 6) is 0.750. The van der Waals surface area contributed by atoms with Crippen molar-refractivity contribution < 1.29 is 9.13 Å². The Balaban J connectivity index is 2.52. The zero-order valence-electron chi connectivity index (χ0n) is 12.5. The van der Waals surface area contributed by atoms with E-state index < -0.39 is 0 Å². The van der Waals surface area contributed by atoms with E-state index in [-0.39, 0.29) is 11.9 Å². The first-order valence-electron chi connectivity index (χ1n) is 7.20. The van der Waals surface area contributed by atoms with Gasteiger partial charge in [-0.05, 0) is 49.9 Å². The summed E-state index contributed by atoms with van der Waals surface area (Å²) >= 11 is 0. The molecular formula is C16H26FNO. The highest BCUT2D eigenvalue weighted by molar-refractivity contribution is 5.30. The molecule has 0 saturated carbocycles. The van der Waals surface area contributed by atoms with Crippen LogP contribution in [0.5, 0.6) is 5.75 Å². The van der Waals surface area contributed by atoms with E-state index >= 15 is 0 Å². The average Bonchev–Trinajstić information content (AvgIpc) is 2.36. The van der Waals surface area contributed by atoms with Gasteiger partial charge in [0, 0.05) is 6.04 Å². The molecule has 1 N–H and O–H groups in total. The molecule has 0 amide bonds. The van der Waals surface area contributed by atoms with Gasteiger partial charge in [-0.15, -0.1) is 0 Å². The summed E-state index contributed by atoms with van der Waals surface area (Å²) < 4.78 is 19.4. The van der Waals surface area contributed by atoms with Gasteiger partial charge in [0.15, 0.2) is 11.6 Å². The maximum atomic E-state index is 13.9. The van der Waals surface area contributed by atoms with Gasteiger partial charge in [-0.25, -0.2) is 4.39 Å². The minimum Gasteiger partial charge on any atom is -0.491 e. The van der Waals surface area contributed by atoms with E-state index in [1.54, 1.807) is 12.1 Å². The molecule has 1 atom stereocenters. The number of hydrogen-bond acceptors (Lipinski definition) is 2. The summed E-state index contributed by atoms with van der Waals surface area (Å²) in [5, 5.41) is 3.27. The van der Waals surface area contributed by atoms with Gasteiger partial charge in [0.05, 0.1) is 6.61 Å². The summed E-state index contributed by atoms with van der Waals surface area (Å²) in [4.78, 5) is 0. The van der Waals surface area contributed by atoms with Crippen LogP contribution in [-0.4, -0.2) is 13.2 Å². The minimum atomic E-state index is -0.271. The summed E-state index contributed by atoms with van der Waals surface area (Å²) in [6.07, 6.45) is 2.07. The second-order valence-corrected chi connectivity index (χ2v) is 5.35. The number of rotatable bonds is 8. The van der Waals surface area contributed by atoms with Gasteiger partial charge in [0.2, 0.25) is 0 Å². The van der Waals surface area contributed by atoms with Crippen molar-refractivity contribution in [3.05, 3.63) is 29.6 Å². The van der Waals surface area contributed by atoms with Crippen LogP contribution >= 0.6 is 0 Å². The fourth-order valence-electron chi connectivity index (χ4n) is 2.00. The Labute approximate surface area is 116 Å². The summed E-state index contributed by atoms with van der Waals surface area (Å²) in [5.41, 5.74) is 0.953. The van der Waals surface area contributed by atoms with Gasteiger partial charge in [-0.3, -0.25) is 0 Å². The fourth-order valence-corrected chi connectivity index (χ4v) is 2.00. The molecular weight excluding hydrogens is 241 g/mol. The molecule has 1 rings (SSSR count). The van der Waals surface area contributed by atoms with E-state index in [2.05, 4.69) is 19.2 Å². The van der Waals surface area contributed by atoms with E-state index in [9.17, 15) is 4.39 Å². The molecule has 1 unspecified atom stereocenters.